The Labute approximate surface area is 178 Å². The average Bonchev–Trinajstić information content (AvgIpc) is 3.28. The molecule has 0 spiro atoms. The Balaban J connectivity index is 1.75. The summed E-state index contributed by atoms with van der Waals surface area (Å²) in [6, 6.07) is 5.58. The molecule has 30 heavy (non-hydrogen) atoms. The molecule has 0 atom stereocenters. The monoisotopic (exact) mass is 415 g/mol. The van der Waals surface area contributed by atoms with Gasteiger partial charge in [-0.1, -0.05) is 6.92 Å². The Morgan fingerprint density at radius 1 is 1.07 bits per heavy atom. The van der Waals surface area contributed by atoms with Crippen molar-refractivity contribution in [3.63, 3.8) is 0 Å². The normalized spacial score (nSPS) is 17.1. The molecular formula is C23H33N3O4. The van der Waals surface area contributed by atoms with Crippen LogP contribution < -0.4 is 10.2 Å². The largest absolute Gasteiger partial charge is 0.466 e. The van der Waals surface area contributed by atoms with Gasteiger partial charge in [-0.15, -0.1) is 0 Å². The molecule has 0 aliphatic carbocycles. The summed E-state index contributed by atoms with van der Waals surface area (Å²) in [6.45, 7) is 7.75. The lowest BCUT2D eigenvalue weighted by molar-refractivity contribution is -0.144. The molecule has 1 N–H and O–H groups in total. The van der Waals surface area contributed by atoms with Crippen LogP contribution in [0.4, 0.5) is 11.4 Å². The van der Waals surface area contributed by atoms with E-state index in [1.807, 2.05) is 17.0 Å². The van der Waals surface area contributed by atoms with E-state index in [1.54, 1.807) is 13.0 Å². The fraction of sp³-hybridized carbons (Fsp3) is 0.609. The van der Waals surface area contributed by atoms with Crippen molar-refractivity contribution in [2.24, 2.45) is 5.92 Å². The van der Waals surface area contributed by atoms with Gasteiger partial charge in [0.2, 0.25) is 5.91 Å². The summed E-state index contributed by atoms with van der Waals surface area (Å²) in [6.07, 6.45) is 4.40. The van der Waals surface area contributed by atoms with Gasteiger partial charge in [-0.05, 0) is 56.7 Å². The number of likely N-dealkylation sites (tertiary alicyclic amines) is 1. The van der Waals surface area contributed by atoms with E-state index in [0.717, 1.165) is 57.5 Å². The number of anilines is 2. The predicted octanol–water partition coefficient (Wildman–Crippen LogP) is 3.44. The van der Waals surface area contributed by atoms with Gasteiger partial charge in [-0.2, -0.15) is 0 Å². The second-order valence-electron chi connectivity index (χ2n) is 8.25. The van der Waals surface area contributed by atoms with Gasteiger partial charge in [0, 0.05) is 44.0 Å². The van der Waals surface area contributed by atoms with E-state index in [0.29, 0.717) is 23.8 Å². The first kappa shape index (κ1) is 22.1. The number of carbonyl (C=O) groups excluding carboxylic acids is 3. The minimum Gasteiger partial charge on any atom is -0.466 e. The number of ether oxygens (including phenoxy) is 1. The fourth-order valence-electron chi connectivity index (χ4n) is 4.07. The second kappa shape index (κ2) is 10.5. The number of hydrogen-bond donors (Lipinski definition) is 1. The first-order valence-electron chi connectivity index (χ1n) is 11.1. The molecule has 0 aromatic heterocycles. The van der Waals surface area contributed by atoms with Crippen molar-refractivity contribution in [2.75, 3.05) is 43.0 Å². The van der Waals surface area contributed by atoms with Gasteiger partial charge in [-0.3, -0.25) is 14.4 Å². The minimum atomic E-state index is -0.382. The average molecular weight is 416 g/mol. The second-order valence-corrected chi connectivity index (χ2v) is 8.25. The number of rotatable bonds is 7. The zero-order valence-corrected chi connectivity index (χ0v) is 18.1. The molecule has 1 aromatic rings. The number of hydrogen-bond acceptors (Lipinski definition) is 5. The molecule has 164 valence electrons. The molecule has 2 fully saturated rings. The van der Waals surface area contributed by atoms with Crippen molar-refractivity contribution in [1.29, 1.82) is 0 Å². The Hall–Kier alpha value is -2.57. The van der Waals surface area contributed by atoms with Crippen molar-refractivity contribution >= 4 is 29.2 Å². The highest BCUT2D eigenvalue weighted by atomic mass is 16.5. The van der Waals surface area contributed by atoms with Gasteiger partial charge in [0.15, 0.2) is 0 Å². The highest BCUT2D eigenvalue weighted by molar-refractivity contribution is 6.02. The summed E-state index contributed by atoms with van der Waals surface area (Å²) >= 11 is 0. The van der Waals surface area contributed by atoms with Gasteiger partial charge < -0.3 is 19.9 Å². The fourth-order valence-corrected chi connectivity index (χ4v) is 4.07. The molecule has 7 nitrogen and oxygen atoms in total. The van der Waals surface area contributed by atoms with Gasteiger partial charge in [0.25, 0.3) is 5.91 Å². The highest BCUT2D eigenvalue weighted by Crippen LogP contribution is 2.30. The first-order valence-corrected chi connectivity index (χ1v) is 11.1. The molecule has 2 aliphatic rings. The van der Waals surface area contributed by atoms with E-state index in [1.165, 1.54) is 0 Å². The van der Waals surface area contributed by atoms with Crippen LogP contribution in [-0.4, -0.2) is 55.5 Å². The summed E-state index contributed by atoms with van der Waals surface area (Å²) in [7, 11) is 0. The smallest absolute Gasteiger partial charge is 0.306 e. The third-order valence-electron chi connectivity index (χ3n) is 5.89. The Morgan fingerprint density at radius 2 is 1.77 bits per heavy atom. The van der Waals surface area contributed by atoms with E-state index in [4.69, 9.17) is 4.74 Å². The lowest BCUT2D eigenvalue weighted by atomic mass is 9.97. The minimum absolute atomic E-state index is 0.0312. The van der Waals surface area contributed by atoms with Gasteiger partial charge in [0.05, 0.1) is 18.6 Å². The summed E-state index contributed by atoms with van der Waals surface area (Å²) < 4.78 is 4.87. The lowest BCUT2D eigenvalue weighted by Gasteiger charge is -2.34. The van der Waals surface area contributed by atoms with Crippen LogP contribution in [0, 0.1) is 5.92 Å². The maximum atomic E-state index is 13.2. The molecule has 2 saturated heterocycles. The number of carbonyl (C=O) groups is 3. The Kier molecular flexibility index (Phi) is 7.71. The van der Waals surface area contributed by atoms with E-state index < -0.39 is 0 Å². The maximum absolute atomic E-state index is 13.2. The molecule has 0 radical (unpaired) electrons. The molecule has 2 heterocycles. The summed E-state index contributed by atoms with van der Waals surface area (Å²) in [5, 5.41) is 2.83. The van der Waals surface area contributed by atoms with Gasteiger partial charge in [-0.25, -0.2) is 0 Å². The van der Waals surface area contributed by atoms with Crippen molar-refractivity contribution in [3.05, 3.63) is 23.8 Å². The van der Waals surface area contributed by atoms with E-state index in [2.05, 4.69) is 17.1 Å². The third kappa shape index (κ3) is 5.74. The molecule has 2 amide bonds. The van der Waals surface area contributed by atoms with Crippen molar-refractivity contribution in [3.8, 4) is 0 Å². The quantitative estimate of drug-likeness (QED) is 0.690. The molecule has 0 unspecified atom stereocenters. The van der Waals surface area contributed by atoms with Gasteiger partial charge in [0.1, 0.15) is 0 Å². The standard InChI is InChI=1S/C23H33N3O4/c1-3-30-22(28)9-8-21(27)24-18-6-7-20(25-14-10-17(2)11-15-25)19(16-18)23(29)26-12-4-5-13-26/h6-7,16-17H,3-5,8-15H2,1-2H3,(H,24,27). The number of nitrogens with zero attached hydrogens (tertiary/aromatic N) is 2. The number of piperidine rings is 1. The highest BCUT2D eigenvalue weighted by Gasteiger charge is 2.26. The van der Waals surface area contributed by atoms with Crippen LogP contribution in [0.1, 0.15) is 62.7 Å². The first-order chi connectivity index (χ1) is 14.5. The zero-order chi connectivity index (χ0) is 21.5. The molecule has 7 heteroatoms. The van der Waals surface area contributed by atoms with Crippen molar-refractivity contribution in [2.45, 2.75) is 52.4 Å². The van der Waals surface area contributed by atoms with E-state index in [9.17, 15) is 14.4 Å². The van der Waals surface area contributed by atoms with Crippen molar-refractivity contribution in [1.82, 2.24) is 4.90 Å². The SMILES string of the molecule is CCOC(=O)CCC(=O)Nc1ccc(N2CCC(C)CC2)c(C(=O)N2CCCC2)c1. The van der Waals surface area contributed by atoms with Crippen LogP contribution in [0.2, 0.25) is 0 Å². The Bertz CT molecular complexity index is 766. The summed E-state index contributed by atoms with van der Waals surface area (Å²) in [5.74, 6) is 0.0927. The molecule has 2 aliphatic heterocycles. The number of nitrogens with one attached hydrogen (secondary N) is 1. The number of benzene rings is 1. The van der Waals surface area contributed by atoms with E-state index in [-0.39, 0.29) is 30.6 Å². The van der Waals surface area contributed by atoms with Gasteiger partial charge >= 0.3 is 5.97 Å². The van der Waals surface area contributed by atoms with Crippen LogP contribution in [-0.2, 0) is 14.3 Å². The van der Waals surface area contributed by atoms with Crippen LogP contribution >= 0.6 is 0 Å². The van der Waals surface area contributed by atoms with E-state index >= 15 is 0 Å². The summed E-state index contributed by atoms with van der Waals surface area (Å²) in [4.78, 5) is 41.1. The van der Waals surface area contributed by atoms with Crippen LogP contribution in [0.25, 0.3) is 0 Å². The summed E-state index contributed by atoms with van der Waals surface area (Å²) in [5.41, 5.74) is 2.18. The number of esters is 1. The lowest BCUT2D eigenvalue weighted by Crippen LogP contribution is -2.35. The maximum Gasteiger partial charge on any atom is 0.306 e. The van der Waals surface area contributed by atoms with Crippen LogP contribution in [0.5, 0.6) is 0 Å². The topological polar surface area (TPSA) is 79.0 Å². The molecule has 1 aromatic carbocycles. The predicted molar refractivity (Wildman–Crippen MR) is 117 cm³/mol. The molecule has 0 bridgehead atoms. The Morgan fingerprint density at radius 3 is 2.43 bits per heavy atom. The zero-order valence-electron chi connectivity index (χ0n) is 18.1. The number of amides is 2. The third-order valence-corrected chi connectivity index (χ3v) is 5.89. The van der Waals surface area contributed by atoms with Crippen molar-refractivity contribution < 1.29 is 19.1 Å². The van der Waals surface area contributed by atoms with Crippen LogP contribution in [0.15, 0.2) is 18.2 Å². The van der Waals surface area contributed by atoms with Crippen LogP contribution in [0.3, 0.4) is 0 Å². The molecular weight excluding hydrogens is 382 g/mol. The molecule has 0 saturated carbocycles. The molecule has 3 rings (SSSR count).